The molecule has 1 aromatic carbocycles. The number of pyridine rings is 1. The van der Waals surface area contributed by atoms with Gasteiger partial charge in [0.25, 0.3) is 5.56 Å². The number of hydrogen-bond donors (Lipinski definition) is 2. The van der Waals surface area contributed by atoms with Gasteiger partial charge < -0.3 is 5.11 Å². The monoisotopic (exact) mass is 346 g/mol. The Morgan fingerprint density at radius 2 is 2.04 bits per heavy atom. The lowest BCUT2D eigenvalue weighted by molar-refractivity contribution is 0.429. The number of nitrogens with zero attached hydrogens (tertiary/aromatic N) is 3. The van der Waals surface area contributed by atoms with Crippen LogP contribution < -0.4 is 11.2 Å². The quantitative estimate of drug-likeness (QED) is 0.743. The first-order valence-corrected chi connectivity index (χ1v) is 7.91. The molecule has 0 radical (unpaired) electrons. The number of aromatic hydroxyl groups is 1. The van der Waals surface area contributed by atoms with E-state index in [-0.39, 0.29) is 5.56 Å². The Bertz CT molecular complexity index is 1200. The van der Waals surface area contributed by atoms with Gasteiger partial charge in [0.15, 0.2) is 5.82 Å². The van der Waals surface area contributed by atoms with Crippen molar-refractivity contribution < 1.29 is 5.11 Å². The Morgan fingerprint density at radius 1 is 1.19 bits per heavy atom. The van der Waals surface area contributed by atoms with Crippen LogP contribution in [0.1, 0.15) is 16.7 Å². The first kappa shape index (κ1) is 15.8. The van der Waals surface area contributed by atoms with Crippen LogP contribution in [0.2, 0.25) is 0 Å². The van der Waals surface area contributed by atoms with E-state index in [0.29, 0.717) is 17.1 Å². The smallest absolute Gasteiger partial charge is 0.335 e. The van der Waals surface area contributed by atoms with Crippen molar-refractivity contribution >= 4 is 23.7 Å². The van der Waals surface area contributed by atoms with Crippen molar-refractivity contribution in [1.29, 1.82) is 0 Å². The highest BCUT2D eigenvalue weighted by atomic mass is 16.3. The maximum absolute atomic E-state index is 12.3. The number of aromatic amines is 1. The second-order valence-electron chi connectivity index (χ2n) is 5.90. The molecule has 3 aromatic rings. The van der Waals surface area contributed by atoms with E-state index in [1.165, 1.54) is 6.08 Å². The summed E-state index contributed by atoms with van der Waals surface area (Å²) in [5.74, 6) is 0.115. The van der Waals surface area contributed by atoms with Gasteiger partial charge in [-0.05, 0) is 42.8 Å². The summed E-state index contributed by atoms with van der Waals surface area (Å²) in [6, 6.07) is 10.7. The fourth-order valence-electron chi connectivity index (χ4n) is 2.87. The largest absolute Gasteiger partial charge is 0.494 e. The molecule has 3 heterocycles. The third kappa shape index (κ3) is 2.55. The van der Waals surface area contributed by atoms with E-state index in [2.05, 4.69) is 15.0 Å². The minimum Gasteiger partial charge on any atom is -0.494 e. The van der Waals surface area contributed by atoms with Crippen LogP contribution in [0.25, 0.3) is 17.3 Å². The molecule has 0 saturated heterocycles. The lowest BCUT2D eigenvalue weighted by Crippen LogP contribution is -2.30. The van der Waals surface area contributed by atoms with Gasteiger partial charge in [0, 0.05) is 23.5 Å². The number of fused-ring (bicyclic) bond motifs is 1. The third-order valence-electron chi connectivity index (χ3n) is 4.10. The SMILES string of the molecule is Cc1cccc(-n2c(O)c(/C=C3/C=Nc4ncccc43)c(=O)[nH]c2=O)c1. The Kier molecular flexibility index (Phi) is 3.62. The van der Waals surface area contributed by atoms with Gasteiger partial charge in [-0.3, -0.25) is 9.78 Å². The second kappa shape index (κ2) is 5.96. The van der Waals surface area contributed by atoms with E-state index < -0.39 is 17.1 Å². The predicted octanol–water partition coefficient (Wildman–Crippen LogP) is 2.19. The first-order chi connectivity index (χ1) is 12.5. The van der Waals surface area contributed by atoms with Gasteiger partial charge in [0.2, 0.25) is 5.88 Å². The van der Waals surface area contributed by atoms with Gasteiger partial charge in [-0.25, -0.2) is 19.3 Å². The summed E-state index contributed by atoms with van der Waals surface area (Å²) in [6.07, 6.45) is 4.69. The van der Waals surface area contributed by atoms with Crippen molar-refractivity contribution in [1.82, 2.24) is 14.5 Å². The molecule has 4 rings (SSSR count). The molecule has 0 saturated carbocycles. The number of aryl methyl sites for hydroxylation is 1. The zero-order valence-corrected chi connectivity index (χ0v) is 13.8. The molecular weight excluding hydrogens is 332 g/mol. The second-order valence-corrected chi connectivity index (χ2v) is 5.90. The summed E-state index contributed by atoms with van der Waals surface area (Å²) < 4.78 is 1.07. The van der Waals surface area contributed by atoms with E-state index in [1.54, 1.807) is 36.7 Å². The summed E-state index contributed by atoms with van der Waals surface area (Å²) >= 11 is 0. The van der Waals surface area contributed by atoms with Crippen molar-refractivity contribution in [3.05, 3.63) is 80.1 Å². The molecule has 7 nitrogen and oxygen atoms in total. The fraction of sp³-hybridized carbons (Fsp3) is 0.0526. The lowest BCUT2D eigenvalue weighted by atomic mass is 10.1. The van der Waals surface area contributed by atoms with Crippen LogP contribution in [0.15, 0.2) is 57.2 Å². The molecule has 0 aliphatic carbocycles. The fourth-order valence-corrected chi connectivity index (χ4v) is 2.87. The highest BCUT2D eigenvalue weighted by Crippen LogP contribution is 2.31. The van der Waals surface area contributed by atoms with Gasteiger partial charge in [0.05, 0.1) is 5.69 Å². The van der Waals surface area contributed by atoms with Crippen LogP contribution in [0.4, 0.5) is 5.82 Å². The number of aliphatic imine (C=N–C) groups is 1. The van der Waals surface area contributed by atoms with Gasteiger partial charge in [0.1, 0.15) is 5.56 Å². The average Bonchev–Trinajstić information content (AvgIpc) is 3.01. The number of allylic oxidation sites excluding steroid dienone is 1. The molecule has 1 aliphatic heterocycles. The Morgan fingerprint density at radius 3 is 2.85 bits per heavy atom. The van der Waals surface area contributed by atoms with Gasteiger partial charge in [-0.1, -0.05) is 12.1 Å². The van der Waals surface area contributed by atoms with Crippen LogP contribution in [0.5, 0.6) is 5.88 Å². The van der Waals surface area contributed by atoms with E-state index in [0.717, 1.165) is 15.7 Å². The minimum absolute atomic E-state index is 0.0238. The lowest BCUT2D eigenvalue weighted by Gasteiger charge is -2.10. The number of benzene rings is 1. The highest BCUT2D eigenvalue weighted by Gasteiger charge is 2.18. The summed E-state index contributed by atoms with van der Waals surface area (Å²) in [6.45, 7) is 1.87. The van der Waals surface area contributed by atoms with Crippen molar-refractivity contribution in [2.75, 3.05) is 0 Å². The topological polar surface area (TPSA) is 100 Å². The molecular formula is C19H14N4O3. The zero-order chi connectivity index (χ0) is 18.3. The molecule has 0 bridgehead atoms. The molecule has 128 valence electrons. The predicted molar refractivity (Wildman–Crippen MR) is 99.3 cm³/mol. The van der Waals surface area contributed by atoms with Crippen LogP contribution in [-0.2, 0) is 0 Å². The normalized spacial score (nSPS) is 14.0. The molecule has 0 amide bonds. The van der Waals surface area contributed by atoms with Crippen molar-refractivity contribution in [3.63, 3.8) is 0 Å². The van der Waals surface area contributed by atoms with Gasteiger partial charge >= 0.3 is 5.69 Å². The minimum atomic E-state index is -0.706. The zero-order valence-electron chi connectivity index (χ0n) is 13.8. The third-order valence-corrected chi connectivity index (χ3v) is 4.10. The van der Waals surface area contributed by atoms with E-state index in [4.69, 9.17) is 0 Å². The summed E-state index contributed by atoms with van der Waals surface area (Å²) in [5.41, 5.74) is 1.36. The van der Waals surface area contributed by atoms with E-state index >= 15 is 0 Å². The number of nitrogens with one attached hydrogen (secondary N) is 1. The number of rotatable bonds is 2. The summed E-state index contributed by atoms with van der Waals surface area (Å²) in [5, 5.41) is 10.6. The molecule has 2 aromatic heterocycles. The molecule has 0 unspecified atom stereocenters. The summed E-state index contributed by atoms with van der Waals surface area (Å²) in [4.78, 5) is 35.1. The first-order valence-electron chi connectivity index (χ1n) is 7.91. The van der Waals surface area contributed by atoms with E-state index in [1.807, 2.05) is 19.1 Å². The molecule has 26 heavy (non-hydrogen) atoms. The Hall–Kier alpha value is -3.74. The summed E-state index contributed by atoms with van der Waals surface area (Å²) in [7, 11) is 0. The van der Waals surface area contributed by atoms with E-state index in [9.17, 15) is 14.7 Å². The standard InChI is InChI=1S/C19H14N4O3/c1-11-4-2-5-13(8-11)23-18(25)15(17(24)22-19(23)26)9-12-10-21-16-14(12)6-3-7-20-16/h2-10,25H,1H3,(H,22,24,26)/b12-9-. The molecule has 0 atom stereocenters. The highest BCUT2D eigenvalue weighted by molar-refractivity contribution is 6.21. The van der Waals surface area contributed by atoms with Crippen molar-refractivity contribution in [2.24, 2.45) is 4.99 Å². The van der Waals surface area contributed by atoms with Gasteiger partial charge in [-0.15, -0.1) is 0 Å². The molecule has 0 fully saturated rings. The van der Waals surface area contributed by atoms with Crippen LogP contribution in [0.3, 0.4) is 0 Å². The molecule has 7 heteroatoms. The average molecular weight is 346 g/mol. The van der Waals surface area contributed by atoms with Gasteiger partial charge in [-0.2, -0.15) is 0 Å². The Labute approximate surface area is 147 Å². The Balaban J connectivity index is 1.93. The van der Waals surface area contributed by atoms with Crippen LogP contribution >= 0.6 is 0 Å². The molecule has 1 aliphatic rings. The van der Waals surface area contributed by atoms with Crippen LogP contribution in [-0.4, -0.2) is 25.9 Å². The molecule has 0 spiro atoms. The van der Waals surface area contributed by atoms with Crippen molar-refractivity contribution in [3.8, 4) is 11.6 Å². The maximum atomic E-state index is 12.3. The number of hydrogen-bond acceptors (Lipinski definition) is 5. The maximum Gasteiger partial charge on any atom is 0.335 e. The van der Waals surface area contributed by atoms with Crippen molar-refractivity contribution in [2.45, 2.75) is 6.92 Å². The molecule has 2 N–H and O–H groups in total. The number of H-pyrrole nitrogens is 1. The number of aromatic nitrogens is 3. The van der Waals surface area contributed by atoms with Crippen LogP contribution in [0, 0.1) is 6.92 Å².